The summed E-state index contributed by atoms with van der Waals surface area (Å²) in [4.78, 5) is 7.44. The molecule has 0 aliphatic heterocycles. The fourth-order valence-electron chi connectivity index (χ4n) is 1.78. The lowest BCUT2D eigenvalue weighted by molar-refractivity contribution is 1.43. The molecule has 0 bridgehead atoms. The third kappa shape index (κ3) is 1.76. The zero-order valence-electron chi connectivity index (χ0n) is 9.29. The molecule has 0 unspecified atom stereocenters. The summed E-state index contributed by atoms with van der Waals surface area (Å²) in [7, 11) is 1.76. The van der Waals surface area contributed by atoms with Gasteiger partial charge in [0, 0.05) is 29.7 Å². The van der Waals surface area contributed by atoms with Gasteiger partial charge in [0.2, 0.25) is 0 Å². The maximum atomic E-state index is 6.15. The number of rotatable bonds is 2. The lowest BCUT2D eigenvalue weighted by Crippen LogP contribution is -2.01. The van der Waals surface area contributed by atoms with Crippen LogP contribution in [0.25, 0.3) is 10.9 Å². The summed E-state index contributed by atoms with van der Waals surface area (Å²) in [6.07, 6.45) is 3.78. The molecule has 1 aromatic carbocycles. The maximum Gasteiger partial charge on any atom is 0.0832 e. The lowest BCUT2D eigenvalue weighted by atomic mass is 10.0. The number of hydrogen-bond acceptors (Lipinski definition) is 1. The molecule has 0 amide bonds. The monoisotopic (exact) mass is 232 g/mol. The maximum absolute atomic E-state index is 6.15. The summed E-state index contributed by atoms with van der Waals surface area (Å²) in [5.74, 6) is 0. The van der Waals surface area contributed by atoms with Crippen molar-refractivity contribution >= 4 is 28.2 Å². The number of aromatic nitrogens is 1. The zero-order valence-corrected chi connectivity index (χ0v) is 10.0. The molecular formula is C13H13ClN2. The second kappa shape index (κ2) is 4.54. The summed E-state index contributed by atoms with van der Waals surface area (Å²) in [6.45, 7) is 1.91. The first-order chi connectivity index (χ1) is 7.77. The van der Waals surface area contributed by atoms with E-state index in [0.29, 0.717) is 5.03 Å². The van der Waals surface area contributed by atoms with Crippen LogP contribution in [0.5, 0.6) is 0 Å². The minimum absolute atomic E-state index is 0.677. The molecule has 0 saturated heterocycles. The molecule has 1 heterocycles. The van der Waals surface area contributed by atoms with Crippen LogP contribution in [0, 0.1) is 0 Å². The lowest BCUT2D eigenvalue weighted by Gasteiger charge is -2.06. The molecule has 0 spiro atoms. The van der Waals surface area contributed by atoms with Crippen molar-refractivity contribution in [2.45, 2.75) is 6.92 Å². The van der Waals surface area contributed by atoms with Crippen LogP contribution in [0.2, 0.25) is 0 Å². The Kier molecular flexibility index (Phi) is 3.11. The van der Waals surface area contributed by atoms with Crippen LogP contribution >= 0.6 is 11.6 Å². The van der Waals surface area contributed by atoms with Crippen molar-refractivity contribution in [3.63, 3.8) is 0 Å². The molecule has 3 heteroatoms. The van der Waals surface area contributed by atoms with E-state index in [1.54, 1.807) is 7.05 Å². The largest absolute Gasteiger partial charge is 0.361 e. The number of H-pyrrole nitrogens is 1. The van der Waals surface area contributed by atoms with Crippen LogP contribution in [0.3, 0.4) is 0 Å². The molecule has 1 N–H and O–H groups in total. The Morgan fingerprint density at radius 1 is 1.38 bits per heavy atom. The molecule has 16 heavy (non-hydrogen) atoms. The molecule has 0 radical (unpaired) electrons. The fourth-order valence-corrected chi connectivity index (χ4v) is 1.97. The normalized spacial score (nSPS) is 13.4. The zero-order chi connectivity index (χ0) is 11.5. The van der Waals surface area contributed by atoms with Crippen LogP contribution in [-0.4, -0.2) is 17.7 Å². The van der Waals surface area contributed by atoms with Gasteiger partial charge in [0.15, 0.2) is 0 Å². The Hall–Kier alpha value is -1.54. The molecule has 2 aromatic rings. The predicted octanol–water partition coefficient (Wildman–Crippen LogP) is 3.73. The first-order valence-electron chi connectivity index (χ1n) is 5.13. The first-order valence-corrected chi connectivity index (χ1v) is 5.51. The summed E-state index contributed by atoms with van der Waals surface area (Å²) >= 11 is 6.15. The van der Waals surface area contributed by atoms with Gasteiger partial charge in [-0.1, -0.05) is 29.8 Å². The molecule has 0 aliphatic rings. The number of nitrogens with zero attached hydrogens (tertiary/aromatic N) is 1. The van der Waals surface area contributed by atoms with Gasteiger partial charge in [-0.3, -0.25) is 4.99 Å². The highest BCUT2D eigenvalue weighted by Gasteiger charge is 2.10. The number of hydrogen-bond donors (Lipinski definition) is 1. The van der Waals surface area contributed by atoms with Gasteiger partial charge in [0.1, 0.15) is 0 Å². The van der Waals surface area contributed by atoms with Gasteiger partial charge < -0.3 is 4.98 Å². The summed E-state index contributed by atoms with van der Waals surface area (Å²) in [5.41, 5.74) is 2.98. The average molecular weight is 233 g/mol. The van der Waals surface area contributed by atoms with E-state index in [2.05, 4.69) is 9.98 Å². The molecule has 2 rings (SSSR count). The van der Waals surface area contributed by atoms with E-state index in [9.17, 15) is 0 Å². The van der Waals surface area contributed by atoms with Gasteiger partial charge in [-0.15, -0.1) is 0 Å². The van der Waals surface area contributed by atoms with Gasteiger partial charge in [-0.05, 0) is 19.1 Å². The van der Waals surface area contributed by atoms with Gasteiger partial charge in [-0.2, -0.15) is 0 Å². The van der Waals surface area contributed by atoms with Crippen LogP contribution < -0.4 is 0 Å². The quantitative estimate of drug-likeness (QED) is 0.765. The summed E-state index contributed by atoms with van der Waals surface area (Å²) in [5, 5.41) is 1.82. The highest BCUT2D eigenvalue weighted by Crippen LogP contribution is 2.22. The smallest absolute Gasteiger partial charge is 0.0832 e. The van der Waals surface area contributed by atoms with E-state index in [4.69, 9.17) is 11.6 Å². The number of nitrogens with one attached hydrogen (secondary N) is 1. The SMILES string of the molecule is CC=C(Cl)C(=NC)c1cccc2[nH]ccc12. The Bertz CT molecular complexity index is 564. The fraction of sp³-hybridized carbons (Fsp3) is 0.154. The van der Waals surface area contributed by atoms with Gasteiger partial charge in [0.05, 0.1) is 10.7 Å². The highest BCUT2D eigenvalue weighted by molar-refractivity contribution is 6.47. The highest BCUT2D eigenvalue weighted by atomic mass is 35.5. The minimum Gasteiger partial charge on any atom is -0.361 e. The number of benzene rings is 1. The molecule has 82 valence electrons. The second-order valence-electron chi connectivity index (χ2n) is 3.45. The number of aliphatic imine (C=N–C) groups is 1. The Labute approximate surface area is 99.7 Å². The molecule has 0 fully saturated rings. The van der Waals surface area contributed by atoms with E-state index < -0.39 is 0 Å². The minimum atomic E-state index is 0.677. The van der Waals surface area contributed by atoms with Gasteiger partial charge >= 0.3 is 0 Å². The van der Waals surface area contributed by atoms with Crippen molar-refractivity contribution in [2.24, 2.45) is 4.99 Å². The molecule has 1 aromatic heterocycles. The van der Waals surface area contributed by atoms with Crippen molar-refractivity contribution in [3.8, 4) is 0 Å². The molecule has 0 atom stereocenters. The van der Waals surface area contributed by atoms with Crippen molar-refractivity contribution < 1.29 is 0 Å². The third-order valence-electron chi connectivity index (χ3n) is 2.55. The van der Waals surface area contributed by atoms with Crippen molar-refractivity contribution in [1.29, 1.82) is 0 Å². The number of fused-ring (bicyclic) bond motifs is 1. The third-order valence-corrected chi connectivity index (χ3v) is 2.95. The van der Waals surface area contributed by atoms with E-state index in [-0.39, 0.29) is 0 Å². The van der Waals surface area contributed by atoms with E-state index in [0.717, 1.165) is 22.2 Å². The van der Waals surface area contributed by atoms with Crippen LogP contribution in [0.4, 0.5) is 0 Å². The van der Waals surface area contributed by atoms with Crippen LogP contribution in [0.15, 0.2) is 46.6 Å². The second-order valence-corrected chi connectivity index (χ2v) is 3.86. The van der Waals surface area contributed by atoms with Gasteiger partial charge in [0.25, 0.3) is 0 Å². The van der Waals surface area contributed by atoms with Crippen LogP contribution in [-0.2, 0) is 0 Å². The Morgan fingerprint density at radius 3 is 2.88 bits per heavy atom. The summed E-state index contributed by atoms with van der Waals surface area (Å²) < 4.78 is 0. The topological polar surface area (TPSA) is 28.1 Å². The van der Waals surface area contributed by atoms with Crippen LogP contribution in [0.1, 0.15) is 12.5 Å². The first kappa shape index (κ1) is 11.0. The molecular weight excluding hydrogens is 220 g/mol. The Balaban J connectivity index is 2.67. The number of allylic oxidation sites excluding steroid dienone is 2. The van der Waals surface area contributed by atoms with Gasteiger partial charge in [-0.25, -0.2) is 0 Å². The van der Waals surface area contributed by atoms with E-state index in [1.807, 2.05) is 43.5 Å². The summed E-state index contributed by atoms with van der Waals surface area (Å²) in [6, 6.07) is 8.11. The average Bonchev–Trinajstić information content (AvgIpc) is 2.78. The standard InChI is InChI=1S/C13H13ClN2/c1-3-11(14)13(15-2)10-5-4-6-12-9(10)7-8-16-12/h3-8,16H,1-2H3. The van der Waals surface area contributed by atoms with Crippen molar-refractivity contribution in [2.75, 3.05) is 7.05 Å². The molecule has 0 aliphatic carbocycles. The molecule has 0 saturated carbocycles. The van der Waals surface area contributed by atoms with E-state index >= 15 is 0 Å². The predicted molar refractivity (Wildman–Crippen MR) is 70.4 cm³/mol. The Morgan fingerprint density at radius 2 is 2.19 bits per heavy atom. The van der Waals surface area contributed by atoms with E-state index in [1.165, 1.54) is 0 Å². The van der Waals surface area contributed by atoms with Crippen molar-refractivity contribution in [1.82, 2.24) is 4.98 Å². The van der Waals surface area contributed by atoms with Crippen molar-refractivity contribution in [3.05, 3.63) is 47.1 Å². The number of halogens is 1. The number of aromatic amines is 1. The molecule has 2 nitrogen and oxygen atoms in total.